The largest absolute Gasteiger partial charge is 0.361 e. The minimum Gasteiger partial charge on any atom is -0.361 e. The lowest BCUT2D eigenvalue weighted by atomic mass is 9.98. The summed E-state index contributed by atoms with van der Waals surface area (Å²) >= 11 is 0. The SMILES string of the molecule is Cc1ccc(CN2CCN3C(=O)[C@H](Cc4c[nH]c5ccccc45)NC(=O)[C@H]3C2)cc1F. The second-order valence-electron chi connectivity index (χ2n) is 8.49. The van der Waals surface area contributed by atoms with Crippen molar-refractivity contribution in [2.45, 2.75) is 32.0 Å². The zero-order valence-electron chi connectivity index (χ0n) is 17.4. The van der Waals surface area contributed by atoms with Crippen LogP contribution in [0.25, 0.3) is 10.9 Å². The maximum atomic E-state index is 13.9. The van der Waals surface area contributed by atoms with Gasteiger partial charge in [0.25, 0.3) is 0 Å². The Morgan fingerprint density at radius 2 is 1.97 bits per heavy atom. The van der Waals surface area contributed by atoms with E-state index in [2.05, 4.69) is 15.2 Å². The molecule has 3 heterocycles. The average Bonchev–Trinajstić information content (AvgIpc) is 3.17. The van der Waals surface area contributed by atoms with E-state index in [1.807, 2.05) is 36.5 Å². The first-order valence-corrected chi connectivity index (χ1v) is 10.6. The zero-order chi connectivity index (χ0) is 21.5. The molecule has 6 nitrogen and oxygen atoms in total. The number of carbonyl (C=O) groups excluding carboxylic acids is 2. The minimum atomic E-state index is -0.555. The van der Waals surface area contributed by atoms with Gasteiger partial charge in [-0.2, -0.15) is 0 Å². The summed E-state index contributed by atoms with van der Waals surface area (Å²) in [5.41, 5.74) is 3.53. The van der Waals surface area contributed by atoms with Gasteiger partial charge >= 0.3 is 0 Å². The first kappa shape index (κ1) is 19.8. The number of rotatable bonds is 4. The number of nitrogens with zero attached hydrogens (tertiary/aromatic N) is 2. The van der Waals surface area contributed by atoms with Crippen LogP contribution >= 0.6 is 0 Å². The molecular formula is C24H25FN4O2. The van der Waals surface area contributed by atoms with Gasteiger partial charge in [0.05, 0.1) is 0 Å². The van der Waals surface area contributed by atoms with E-state index in [0.29, 0.717) is 38.2 Å². The molecule has 2 aliphatic heterocycles. The molecule has 2 amide bonds. The van der Waals surface area contributed by atoms with E-state index in [-0.39, 0.29) is 17.6 Å². The van der Waals surface area contributed by atoms with Gasteiger partial charge in [-0.15, -0.1) is 0 Å². The minimum absolute atomic E-state index is 0.0316. The van der Waals surface area contributed by atoms with Crippen molar-refractivity contribution in [3.63, 3.8) is 0 Å². The number of carbonyl (C=O) groups is 2. The molecular weight excluding hydrogens is 395 g/mol. The summed E-state index contributed by atoms with van der Waals surface area (Å²) in [5, 5.41) is 4.01. The molecule has 2 aliphatic rings. The lowest BCUT2D eigenvalue weighted by molar-refractivity contribution is -0.153. The van der Waals surface area contributed by atoms with Crippen LogP contribution in [0.4, 0.5) is 4.39 Å². The van der Waals surface area contributed by atoms with Crippen LogP contribution in [0, 0.1) is 12.7 Å². The van der Waals surface area contributed by atoms with Gasteiger partial charge in [0, 0.05) is 49.7 Å². The molecule has 2 aromatic carbocycles. The van der Waals surface area contributed by atoms with Crippen LogP contribution in [0.2, 0.25) is 0 Å². The standard InChI is InChI=1S/C24H25FN4O2/c1-15-6-7-16(10-19(15)25)13-28-8-9-29-22(14-28)23(30)27-21(24(29)31)11-17-12-26-20-5-3-2-4-18(17)20/h2-7,10,12,21-22,26H,8-9,11,13-14H2,1H3,(H,27,30)/t21-,22+/m0/s1. The maximum Gasteiger partial charge on any atom is 0.246 e. The number of halogens is 1. The number of amides is 2. The third-order valence-electron chi connectivity index (χ3n) is 6.41. The molecule has 2 N–H and O–H groups in total. The van der Waals surface area contributed by atoms with Crippen molar-refractivity contribution in [3.8, 4) is 0 Å². The maximum absolute atomic E-state index is 13.9. The second kappa shape index (κ2) is 7.81. The van der Waals surface area contributed by atoms with Crippen molar-refractivity contribution in [1.82, 2.24) is 20.1 Å². The van der Waals surface area contributed by atoms with Gasteiger partial charge in [-0.3, -0.25) is 14.5 Å². The number of H-pyrrole nitrogens is 1. The molecule has 3 aromatic rings. The Morgan fingerprint density at radius 1 is 1.13 bits per heavy atom. The fourth-order valence-electron chi connectivity index (χ4n) is 4.65. The number of nitrogens with one attached hydrogen (secondary N) is 2. The molecule has 0 saturated carbocycles. The molecule has 0 radical (unpaired) electrons. The Morgan fingerprint density at radius 3 is 2.81 bits per heavy atom. The summed E-state index contributed by atoms with van der Waals surface area (Å²) in [4.78, 5) is 33.1. The lowest BCUT2D eigenvalue weighted by Crippen LogP contribution is -2.69. The van der Waals surface area contributed by atoms with Crippen molar-refractivity contribution in [3.05, 3.63) is 71.2 Å². The van der Waals surface area contributed by atoms with Crippen molar-refractivity contribution < 1.29 is 14.0 Å². The zero-order valence-corrected chi connectivity index (χ0v) is 17.4. The van der Waals surface area contributed by atoms with Crippen LogP contribution in [0.5, 0.6) is 0 Å². The Kier molecular flexibility index (Phi) is 4.98. The first-order chi connectivity index (χ1) is 15.0. The van der Waals surface area contributed by atoms with Crippen LogP contribution in [-0.2, 0) is 22.6 Å². The van der Waals surface area contributed by atoms with E-state index in [0.717, 1.165) is 22.0 Å². The highest BCUT2D eigenvalue weighted by molar-refractivity contribution is 5.98. The second-order valence-corrected chi connectivity index (χ2v) is 8.49. The van der Waals surface area contributed by atoms with Gasteiger partial charge in [0.1, 0.15) is 17.9 Å². The third kappa shape index (κ3) is 3.70. The molecule has 5 rings (SSSR count). The smallest absolute Gasteiger partial charge is 0.246 e. The van der Waals surface area contributed by atoms with E-state index in [4.69, 9.17) is 0 Å². The normalized spacial score (nSPS) is 21.9. The molecule has 160 valence electrons. The molecule has 2 saturated heterocycles. The van der Waals surface area contributed by atoms with Crippen LogP contribution in [0.3, 0.4) is 0 Å². The molecule has 0 bridgehead atoms. The molecule has 1 aromatic heterocycles. The number of aryl methyl sites for hydroxylation is 1. The highest BCUT2D eigenvalue weighted by atomic mass is 19.1. The van der Waals surface area contributed by atoms with E-state index >= 15 is 0 Å². The van der Waals surface area contributed by atoms with Gasteiger partial charge in [-0.25, -0.2) is 4.39 Å². The summed E-state index contributed by atoms with van der Waals surface area (Å²) in [5.74, 6) is -0.373. The predicted molar refractivity (Wildman–Crippen MR) is 116 cm³/mol. The number of aromatic nitrogens is 1. The number of aromatic amines is 1. The molecule has 0 unspecified atom stereocenters. The Labute approximate surface area is 180 Å². The number of fused-ring (bicyclic) bond motifs is 2. The average molecular weight is 420 g/mol. The Bertz CT molecular complexity index is 1160. The predicted octanol–water partition coefficient (Wildman–Crippen LogP) is 2.37. The van der Waals surface area contributed by atoms with Gasteiger partial charge in [-0.05, 0) is 35.7 Å². The number of benzene rings is 2. The van der Waals surface area contributed by atoms with Gasteiger partial charge in [0.15, 0.2) is 0 Å². The molecule has 31 heavy (non-hydrogen) atoms. The highest BCUT2D eigenvalue weighted by Crippen LogP contribution is 2.23. The van der Waals surface area contributed by atoms with Crippen molar-refractivity contribution in [2.24, 2.45) is 0 Å². The number of hydrogen-bond donors (Lipinski definition) is 2. The lowest BCUT2D eigenvalue weighted by Gasteiger charge is -2.45. The van der Waals surface area contributed by atoms with Gasteiger partial charge < -0.3 is 15.2 Å². The summed E-state index contributed by atoms with van der Waals surface area (Å²) in [6, 6.07) is 12.1. The quantitative estimate of drug-likeness (QED) is 0.681. The van der Waals surface area contributed by atoms with Crippen LogP contribution in [-0.4, -0.2) is 58.3 Å². The Hall–Kier alpha value is -3.19. The molecule has 2 atom stereocenters. The fraction of sp³-hybridized carbons (Fsp3) is 0.333. The van der Waals surface area contributed by atoms with Crippen LogP contribution in [0.15, 0.2) is 48.7 Å². The van der Waals surface area contributed by atoms with Crippen LogP contribution in [0.1, 0.15) is 16.7 Å². The number of piperazine rings is 2. The number of para-hydroxylation sites is 1. The van der Waals surface area contributed by atoms with Gasteiger partial charge in [-0.1, -0.05) is 30.3 Å². The fourth-order valence-corrected chi connectivity index (χ4v) is 4.65. The topological polar surface area (TPSA) is 68.4 Å². The van der Waals surface area contributed by atoms with Gasteiger partial charge in [0.2, 0.25) is 11.8 Å². The van der Waals surface area contributed by atoms with E-state index in [9.17, 15) is 14.0 Å². The molecule has 7 heteroatoms. The van der Waals surface area contributed by atoms with Crippen LogP contribution < -0.4 is 5.32 Å². The first-order valence-electron chi connectivity index (χ1n) is 10.6. The molecule has 0 aliphatic carbocycles. The third-order valence-corrected chi connectivity index (χ3v) is 6.41. The summed E-state index contributed by atoms with van der Waals surface area (Å²) in [6.45, 7) is 3.90. The summed E-state index contributed by atoms with van der Waals surface area (Å²) in [6.07, 6.45) is 2.37. The van der Waals surface area contributed by atoms with E-state index in [1.165, 1.54) is 0 Å². The molecule has 2 fully saturated rings. The van der Waals surface area contributed by atoms with Crippen molar-refractivity contribution in [1.29, 1.82) is 0 Å². The Balaban J connectivity index is 1.28. The monoisotopic (exact) mass is 420 g/mol. The van der Waals surface area contributed by atoms with Crippen molar-refractivity contribution in [2.75, 3.05) is 19.6 Å². The van der Waals surface area contributed by atoms with E-state index in [1.54, 1.807) is 24.0 Å². The highest BCUT2D eigenvalue weighted by Gasteiger charge is 2.43. The summed E-state index contributed by atoms with van der Waals surface area (Å²) in [7, 11) is 0. The van der Waals surface area contributed by atoms with E-state index < -0.39 is 12.1 Å². The number of hydrogen-bond acceptors (Lipinski definition) is 3. The summed E-state index contributed by atoms with van der Waals surface area (Å²) < 4.78 is 13.9. The molecule has 0 spiro atoms. The van der Waals surface area contributed by atoms with Crippen molar-refractivity contribution >= 4 is 22.7 Å².